The molecule has 0 spiro atoms. The average Bonchev–Trinajstić information content (AvgIpc) is 3.52. The minimum Gasteiger partial charge on any atom is -0.460 e. The standard InChI is InChI=1S/C29H41N3O5S/c1-18(2)27-21(5)10-11-25(34)30-12-6-8-19(3)14-22(33)15-20(4)16-26-31-23(17-38-26)28(35)32-13-7-9-24(32)29(36)37-27/h6,8,10-11,14,17-18,20-22,24,27,33H,7,9,12-13,15-16H2,1-5H3,(H,30,34)/b8-6?,11-10+,19-14?/t20-,21-,22-,24-,27-/m1/s1. The Bertz CT molecular complexity index is 1080. The third-order valence-corrected chi connectivity index (χ3v) is 7.80. The Kier molecular flexibility index (Phi) is 10.8. The fraction of sp³-hybridized carbons (Fsp3) is 0.586. The Morgan fingerprint density at radius 2 is 1.97 bits per heavy atom. The number of amides is 2. The Morgan fingerprint density at radius 1 is 1.21 bits per heavy atom. The summed E-state index contributed by atoms with van der Waals surface area (Å²) < 4.78 is 5.95. The Morgan fingerprint density at radius 3 is 2.71 bits per heavy atom. The minimum absolute atomic E-state index is 0.0258. The Hall–Kier alpha value is -2.78. The Balaban J connectivity index is 1.85. The van der Waals surface area contributed by atoms with E-state index in [0.29, 0.717) is 38.0 Å². The van der Waals surface area contributed by atoms with Crippen molar-refractivity contribution in [3.8, 4) is 0 Å². The first-order chi connectivity index (χ1) is 18.0. The van der Waals surface area contributed by atoms with Gasteiger partial charge in [0.05, 0.1) is 11.1 Å². The molecule has 208 valence electrons. The van der Waals surface area contributed by atoms with E-state index < -0.39 is 24.2 Å². The number of ether oxygens (including phenoxy) is 1. The summed E-state index contributed by atoms with van der Waals surface area (Å²) >= 11 is 1.43. The number of rotatable bonds is 1. The zero-order valence-electron chi connectivity index (χ0n) is 23.1. The maximum atomic E-state index is 13.3. The number of carbonyl (C=O) groups excluding carboxylic acids is 3. The molecule has 1 aromatic heterocycles. The number of nitrogens with zero attached hydrogens (tertiary/aromatic N) is 2. The van der Waals surface area contributed by atoms with Crippen LogP contribution in [0.3, 0.4) is 0 Å². The van der Waals surface area contributed by atoms with Crippen LogP contribution < -0.4 is 5.32 Å². The lowest BCUT2D eigenvalue weighted by atomic mass is 9.94. The van der Waals surface area contributed by atoms with Gasteiger partial charge in [-0.3, -0.25) is 9.59 Å². The number of aliphatic hydroxyl groups excluding tert-OH is 1. The molecule has 0 aromatic carbocycles. The molecule has 5 atom stereocenters. The Labute approximate surface area is 229 Å². The van der Waals surface area contributed by atoms with Crippen LogP contribution in [0.5, 0.6) is 0 Å². The van der Waals surface area contributed by atoms with Crippen LogP contribution in [0, 0.1) is 17.8 Å². The zero-order chi connectivity index (χ0) is 27.8. The first-order valence-corrected chi connectivity index (χ1v) is 14.4. The van der Waals surface area contributed by atoms with Gasteiger partial charge in [0, 0.05) is 30.8 Å². The molecule has 0 radical (unpaired) electrons. The molecule has 1 fully saturated rings. The van der Waals surface area contributed by atoms with Crippen LogP contribution >= 0.6 is 11.3 Å². The van der Waals surface area contributed by atoms with Crippen molar-refractivity contribution in [2.24, 2.45) is 17.8 Å². The van der Waals surface area contributed by atoms with Gasteiger partial charge in [0.2, 0.25) is 5.91 Å². The van der Waals surface area contributed by atoms with Crippen LogP contribution in [0.4, 0.5) is 0 Å². The summed E-state index contributed by atoms with van der Waals surface area (Å²) in [6.07, 6.45) is 10.2. The highest BCUT2D eigenvalue weighted by Gasteiger charge is 2.38. The lowest BCUT2D eigenvalue weighted by Crippen LogP contribution is -2.44. The van der Waals surface area contributed by atoms with Crippen LogP contribution in [0.25, 0.3) is 0 Å². The second-order valence-corrected chi connectivity index (χ2v) is 11.8. The fourth-order valence-corrected chi connectivity index (χ4v) is 5.93. The van der Waals surface area contributed by atoms with Crippen molar-refractivity contribution in [2.75, 3.05) is 13.1 Å². The third kappa shape index (κ3) is 8.36. The molecule has 1 saturated heterocycles. The van der Waals surface area contributed by atoms with Crippen molar-refractivity contribution in [3.63, 3.8) is 0 Å². The van der Waals surface area contributed by atoms with E-state index in [1.807, 2.05) is 46.8 Å². The van der Waals surface area contributed by atoms with Crippen LogP contribution in [0.1, 0.15) is 69.4 Å². The van der Waals surface area contributed by atoms with Gasteiger partial charge >= 0.3 is 5.97 Å². The smallest absolute Gasteiger partial charge is 0.329 e. The molecule has 0 aliphatic carbocycles. The number of carbonyl (C=O) groups is 3. The molecule has 0 unspecified atom stereocenters. The molecule has 2 aliphatic rings. The van der Waals surface area contributed by atoms with Gasteiger partial charge in [-0.2, -0.15) is 0 Å². The molecular weight excluding hydrogens is 502 g/mol. The SMILES string of the molecule is CC1=C[C@@H](O)C[C@@H](C)Cc2nc(cs2)C(=O)N2CCC[C@@H]2C(=O)O[C@H](C(C)C)[C@H](C)/C=C/C(=O)NCC=C1. The predicted octanol–water partition coefficient (Wildman–Crippen LogP) is 4.07. The fourth-order valence-electron chi connectivity index (χ4n) is 5.00. The van der Waals surface area contributed by atoms with E-state index in [2.05, 4.69) is 10.3 Å². The third-order valence-electron chi connectivity index (χ3n) is 6.93. The molecule has 9 heteroatoms. The quantitative estimate of drug-likeness (QED) is 0.517. The lowest BCUT2D eigenvalue weighted by Gasteiger charge is -2.29. The van der Waals surface area contributed by atoms with Crippen molar-refractivity contribution in [3.05, 3.63) is 52.0 Å². The molecule has 8 nitrogen and oxygen atoms in total. The molecule has 0 saturated carbocycles. The normalized spacial score (nSPS) is 29.4. The van der Waals surface area contributed by atoms with Crippen molar-refractivity contribution in [1.29, 1.82) is 0 Å². The number of hydrogen-bond acceptors (Lipinski definition) is 7. The van der Waals surface area contributed by atoms with Gasteiger partial charge in [-0.1, -0.05) is 57.6 Å². The average molecular weight is 544 g/mol. The second kappa shape index (κ2) is 13.8. The maximum absolute atomic E-state index is 13.3. The van der Waals surface area contributed by atoms with E-state index in [9.17, 15) is 19.5 Å². The number of nitrogens with one attached hydrogen (secondary N) is 1. The van der Waals surface area contributed by atoms with Crippen LogP contribution in [-0.4, -0.2) is 64.1 Å². The predicted molar refractivity (Wildman–Crippen MR) is 149 cm³/mol. The number of aromatic nitrogens is 1. The zero-order valence-corrected chi connectivity index (χ0v) is 23.9. The number of fused-ring (bicyclic) bond motifs is 3. The summed E-state index contributed by atoms with van der Waals surface area (Å²) in [5.41, 5.74) is 1.25. The molecule has 3 rings (SSSR count). The first kappa shape index (κ1) is 29.8. The molecule has 1 aromatic rings. The first-order valence-electron chi connectivity index (χ1n) is 13.5. The monoisotopic (exact) mass is 543 g/mol. The topological polar surface area (TPSA) is 109 Å². The number of cyclic esters (lactones) is 1. The van der Waals surface area contributed by atoms with Gasteiger partial charge in [-0.25, -0.2) is 9.78 Å². The van der Waals surface area contributed by atoms with Gasteiger partial charge in [-0.15, -0.1) is 11.3 Å². The highest BCUT2D eigenvalue weighted by Crippen LogP contribution is 2.26. The van der Waals surface area contributed by atoms with E-state index >= 15 is 0 Å². The number of allylic oxidation sites excluding steroid dienone is 2. The molecule has 2 bridgehead atoms. The molecule has 2 N–H and O–H groups in total. The molecule has 2 amide bonds. The van der Waals surface area contributed by atoms with Gasteiger partial charge in [0.15, 0.2) is 0 Å². The number of thiazole rings is 1. The van der Waals surface area contributed by atoms with Crippen molar-refractivity contribution in [2.45, 2.75) is 78.6 Å². The molecule has 3 heterocycles. The van der Waals surface area contributed by atoms with Crippen molar-refractivity contribution < 1.29 is 24.2 Å². The van der Waals surface area contributed by atoms with Gasteiger partial charge in [0.1, 0.15) is 17.8 Å². The van der Waals surface area contributed by atoms with E-state index in [-0.39, 0.29) is 29.6 Å². The summed E-state index contributed by atoms with van der Waals surface area (Å²) in [6, 6.07) is -0.647. The van der Waals surface area contributed by atoms with E-state index in [0.717, 1.165) is 17.0 Å². The molecule has 38 heavy (non-hydrogen) atoms. The summed E-state index contributed by atoms with van der Waals surface area (Å²) in [7, 11) is 0. The van der Waals surface area contributed by atoms with E-state index in [1.54, 1.807) is 22.4 Å². The second-order valence-electron chi connectivity index (χ2n) is 10.8. The summed E-state index contributed by atoms with van der Waals surface area (Å²) in [5.74, 6) is -0.915. The maximum Gasteiger partial charge on any atom is 0.329 e. The van der Waals surface area contributed by atoms with Gasteiger partial charge in [0.25, 0.3) is 5.91 Å². The number of esters is 1. The summed E-state index contributed by atoms with van der Waals surface area (Å²) in [6.45, 7) is 10.7. The summed E-state index contributed by atoms with van der Waals surface area (Å²) in [4.78, 5) is 45.0. The highest BCUT2D eigenvalue weighted by atomic mass is 32.1. The minimum atomic E-state index is -0.647. The van der Waals surface area contributed by atoms with Crippen LogP contribution in [0.15, 0.2) is 41.3 Å². The van der Waals surface area contributed by atoms with Gasteiger partial charge in [-0.05, 0) is 44.1 Å². The molecular formula is C29H41N3O5S. The number of aliphatic hydroxyl groups is 1. The molecule has 2 aliphatic heterocycles. The lowest BCUT2D eigenvalue weighted by molar-refractivity contribution is -0.158. The van der Waals surface area contributed by atoms with Crippen molar-refractivity contribution in [1.82, 2.24) is 15.2 Å². The van der Waals surface area contributed by atoms with Crippen LogP contribution in [-0.2, 0) is 20.7 Å². The van der Waals surface area contributed by atoms with Crippen molar-refractivity contribution >= 4 is 29.1 Å². The van der Waals surface area contributed by atoms with Gasteiger partial charge < -0.3 is 20.1 Å². The van der Waals surface area contributed by atoms with E-state index in [1.165, 1.54) is 17.4 Å². The number of hydrogen-bond donors (Lipinski definition) is 2. The largest absolute Gasteiger partial charge is 0.460 e. The van der Waals surface area contributed by atoms with Crippen LogP contribution in [0.2, 0.25) is 0 Å². The van der Waals surface area contributed by atoms with E-state index in [4.69, 9.17) is 4.74 Å². The summed E-state index contributed by atoms with van der Waals surface area (Å²) in [5, 5.41) is 15.9. The highest BCUT2D eigenvalue weighted by molar-refractivity contribution is 7.09.